The van der Waals surface area contributed by atoms with Gasteiger partial charge in [0.15, 0.2) is 0 Å². The highest BCUT2D eigenvalue weighted by molar-refractivity contribution is 5.89. The number of carbonyl (C=O) groups excluding carboxylic acids is 1. The molecule has 2 aromatic rings. The van der Waals surface area contributed by atoms with Crippen LogP contribution in [0.4, 0.5) is 16.3 Å². The summed E-state index contributed by atoms with van der Waals surface area (Å²) in [7, 11) is 0. The van der Waals surface area contributed by atoms with Crippen molar-refractivity contribution >= 4 is 17.5 Å². The highest BCUT2D eigenvalue weighted by Crippen LogP contribution is 2.13. The fraction of sp³-hybridized carbons (Fsp3) is 0.438. The van der Waals surface area contributed by atoms with Crippen LogP contribution in [0.1, 0.15) is 20.8 Å². The van der Waals surface area contributed by atoms with Crippen molar-refractivity contribution < 1.29 is 4.79 Å². The first-order valence-corrected chi connectivity index (χ1v) is 7.86. The Kier molecular flexibility index (Phi) is 5.96. The summed E-state index contributed by atoms with van der Waals surface area (Å²) in [6.07, 6.45) is 6.99. The highest BCUT2D eigenvalue weighted by atomic mass is 16.2. The lowest BCUT2D eigenvalue weighted by Gasteiger charge is -2.20. The van der Waals surface area contributed by atoms with Crippen LogP contribution < -0.4 is 15.5 Å². The van der Waals surface area contributed by atoms with Gasteiger partial charge in [0.05, 0.1) is 18.2 Å². The van der Waals surface area contributed by atoms with E-state index in [1.807, 2.05) is 29.8 Å². The number of amides is 2. The molecule has 124 valence electrons. The predicted molar refractivity (Wildman–Crippen MR) is 91.6 cm³/mol. The molecule has 1 atom stereocenters. The summed E-state index contributed by atoms with van der Waals surface area (Å²) in [5.41, 5.74) is 0.674. The van der Waals surface area contributed by atoms with Crippen LogP contribution in [-0.2, 0) is 6.54 Å². The smallest absolute Gasteiger partial charge is 0.319 e. The summed E-state index contributed by atoms with van der Waals surface area (Å²) in [5, 5.41) is 5.69. The van der Waals surface area contributed by atoms with E-state index in [-0.39, 0.29) is 12.1 Å². The van der Waals surface area contributed by atoms with Crippen LogP contribution >= 0.6 is 0 Å². The predicted octanol–water partition coefficient (Wildman–Crippen LogP) is 2.33. The maximum absolute atomic E-state index is 12.0. The Morgan fingerprint density at radius 1 is 1.35 bits per heavy atom. The maximum Gasteiger partial charge on any atom is 0.319 e. The van der Waals surface area contributed by atoms with Gasteiger partial charge in [0.25, 0.3) is 0 Å². The third kappa shape index (κ3) is 4.98. The number of pyridine rings is 1. The maximum atomic E-state index is 12.0. The third-order valence-electron chi connectivity index (χ3n) is 3.51. The number of hydrogen-bond acceptors (Lipinski definition) is 4. The zero-order valence-electron chi connectivity index (χ0n) is 13.9. The third-order valence-corrected chi connectivity index (χ3v) is 3.51. The lowest BCUT2D eigenvalue weighted by Crippen LogP contribution is -2.38. The van der Waals surface area contributed by atoms with E-state index < -0.39 is 0 Å². The van der Waals surface area contributed by atoms with Crippen LogP contribution in [-0.4, -0.2) is 39.7 Å². The van der Waals surface area contributed by atoms with Gasteiger partial charge in [0.2, 0.25) is 0 Å². The van der Waals surface area contributed by atoms with E-state index in [1.54, 1.807) is 18.7 Å². The summed E-state index contributed by atoms with van der Waals surface area (Å²) in [4.78, 5) is 22.5. The molecule has 0 aliphatic rings. The van der Waals surface area contributed by atoms with Gasteiger partial charge in [-0.25, -0.2) is 14.8 Å². The molecule has 2 aromatic heterocycles. The molecule has 0 aliphatic heterocycles. The molecule has 0 saturated carbocycles. The number of anilines is 2. The molecule has 2 rings (SSSR count). The van der Waals surface area contributed by atoms with E-state index in [2.05, 4.69) is 39.3 Å². The Labute approximate surface area is 136 Å². The second-order valence-electron chi connectivity index (χ2n) is 5.34. The molecule has 0 saturated heterocycles. The zero-order chi connectivity index (χ0) is 16.7. The number of imidazole rings is 1. The quantitative estimate of drug-likeness (QED) is 0.822. The van der Waals surface area contributed by atoms with Gasteiger partial charge in [0.1, 0.15) is 5.82 Å². The number of hydrogen-bond donors (Lipinski definition) is 2. The summed E-state index contributed by atoms with van der Waals surface area (Å²) in [6, 6.07) is 3.53. The van der Waals surface area contributed by atoms with Crippen LogP contribution in [0.15, 0.2) is 37.1 Å². The minimum atomic E-state index is -0.241. The minimum Gasteiger partial charge on any atom is -0.357 e. The summed E-state index contributed by atoms with van der Waals surface area (Å²) in [6.45, 7) is 8.61. The van der Waals surface area contributed by atoms with E-state index in [0.717, 1.165) is 18.9 Å². The standard InChI is InChI=1S/C16H24N6O/c1-4-22(5-2)15-7-6-14(10-18-15)20-16(23)19-13(3)11-21-9-8-17-12-21/h6-10,12-13H,4-5,11H2,1-3H3,(H2,19,20,23)/t13-/m1/s1. The molecule has 0 aliphatic carbocycles. The lowest BCUT2D eigenvalue weighted by molar-refractivity contribution is 0.248. The Morgan fingerprint density at radius 2 is 2.13 bits per heavy atom. The first kappa shape index (κ1) is 16.8. The monoisotopic (exact) mass is 316 g/mol. The van der Waals surface area contributed by atoms with Gasteiger partial charge in [0, 0.05) is 38.1 Å². The largest absolute Gasteiger partial charge is 0.357 e. The van der Waals surface area contributed by atoms with Gasteiger partial charge >= 0.3 is 6.03 Å². The molecule has 2 N–H and O–H groups in total. The molecule has 0 aromatic carbocycles. The highest BCUT2D eigenvalue weighted by Gasteiger charge is 2.09. The first-order chi connectivity index (χ1) is 11.1. The molecule has 0 radical (unpaired) electrons. The lowest BCUT2D eigenvalue weighted by atomic mass is 10.3. The average Bonchev–Trinajstić information content (AvgIpc) is 3.02. The number of aromatic nitrogens is 3. The number of nitrogens with one attached hydrogen (secondary N) is 2. The summed E-state index contributed by atoms with van der Waals surface area (Å²) < 4.78 is 1.92. The fourth-order valence-corrected chi connectivity index (χ4v) is 2.34. The van der Waals surface area contributed by atoms with Crippen LogP contribution in [0.25, 0.3) is 0 Å². The first-order valence-electron chi connectivity index (χ1n) is 7.86. The zero-order valence-corrected chi connectivity index (χ0v) is 13.9. The number of nitrogens with zero attached hydrogens (tertiary/aromatic N) is 4. The molecule has 7 heteroatoms. The molecule has 23 heavy (non-hydrogen) atoms. The van der Waals surface area contributed by atoms with Gasteiger partial charge < -0.3 is 20.1 Å². The molecule has 0 fully saturated rings. The summed E-state index contributed by atoms with van der Waals surface area (Å²) in [5.74, 6) is 0.912. The van der Waals surface area contributed by atoms with Crippen molar-refractivity contribution in [2.24, 2.45) is 0 Å². The van der Waals surface area contributed by atoms with E-state index in [1.165, 1.54) is 0 Å². The minimum absolute atomic E-state index is 0.00731. The van der Waals surface area contributed by atoms with E-state index in [4.69, 9.17) is 0 Å². The number of rotatable bonds is 7. The van der Waals surface area contributed by atoms with Crippen molar-refractivity contribution in [3.8, 4) is 0 Å². The van der Waals surface area contributed by atoms with Gasteiger partial charge in [-0.15, -0.1) is 0 Å². The molecule has 7 nitrogen and oxygen atoms in total. The van der Waals surface area contributed by atoms with Crippen molar-refractivity contribution in [3.63, 3.8) is 0 Å². The van der Waals surface area contributed by atoms with Crippen molar-refractivity contribution in [1.82, 2.24) is 19.9 Å². The fourth-order valence-electron chi connectivity index (χ4n) is 2.34. The topological polar surface area (TPSA) is 75.1 Å². The Bertz CT molecular complexity index is 592. The average molecular weight is 316 g/mol. The molecule has 0 bridgehead atoms. The van der Waals surface area contributed by atoms with E-state index in [9.17, 15) is 4.79 Å². The van der Waals surface area contributed by atoms with Gasteiger partial charge in [-0.05, 0) is 32.9 Å². The van der Waals surface area contributed by atoms with Crippen LogP contribution in [0, 0.1) is 0 Å². The second kappa shape index (κ2) is 8.17. The van der Waals surface area contributed by atoms with Crippen LogP contribution in [0.5, 0.6) is 0 Å². The SMILES string of the molecule is CCN(CC)c1ccc(NC(=O)N[C@H](C)Cn2ccnc2)cn1. The Morgan fingerprint density at radius 3 is 2.70 bits per heavy atom. The van der Waals surface area contributed by atoms with Gasteiger partial charge in [-0.2, -0.15) is 0 Å². The van der Waals surface area contributed by atoms with Crippen LogP contribution in [0.2, 0.25) is 0 Å². The Hall–Kier alpha value is -2.57. The van der Waals surface area contributed by atoms with E-state index >= 15 is 0 Å². The molecular weight excluding hydrogens is 292 g/mol. The molecule has 0 unspecified atom stereocenters. The van der Waals surface area contributed by atoms with Crippen LogP contribution in [0.3, 0.4) is 0 Å². The van der Waals surface area contributed by atoms with Crippen molar-refractivity contribution in [2.45, 2.75) is 33.4 Å². The van der Waals surface area contributed by atoms with Gasteiger partial charge in [-0.1, -0.05) is 0 Å². The molecule has 0 spiro atoms. The molecule has 2 amide bonds. The number of urea groups is 1. The Balaban J connectivity index is 1.85. The van der Waals surface area contributed by atoms with Crippen molar-refractivity contribution in [3.05, 3.63) is 37.1 Å². The second-order valence-corrected chi connectivity index (χ2v) is 5.34. The van der Waals surface area contributed by atoms with E-state index in [0.29, 0.717) is 12.2 Å². The van der Waals surface area contributed by atoms with Crippen molar-refractivity contribution in [1.29, 1.82) is 0 Å². The molecular formula is C16H24N6O. The normalized spacial score (nSPS) is 11.8. The van der Waals surface area contributed by atoms with Gasteiger partial charge in [-0.3, -0.25) is 0 Å². The number of carbonyl (C=O) groups is 1. The molecule has 2 heterocycles. The summed E-state index contributed by atoms with van der Waals surface area (Å²) >= 11 is 0. The van der Waals surface area contributed by atoms with Crippen molar-refractivity contribution in [2.75, 3.05) is 23.3 Å².